The number of hydrogen-bond acceptors (Lipinski definition) is 2. The molecule has 0 aromatic carbocycles. The molecule has 0 radical (unpaired) electrons. The number of nitrogens with zero attached hydrogens (tertiary/aromatic N) is 1. The molecule has 1 rings (SSSR count). The summed E-state index contributed by atoms with van der Waals surface area (Å²) in [6.07, 6.45) is 3.99. The van der Waals surface area contributed by atoms with E-state index >= 15 is 0 Å². The molecule has 0 spiro atoms. The van der Waals surface area contributed by atoms with Crippen LogP contribution in [-0.4, -0.2) is 29.9 Å². The topological polar surface area (TPSA) is 46.3 Å². The Morgan fingerprint density at radius 2 is 2.00 bits per heavy atom. The molecule has 1 aliphatic rings. The van der Waals surface area contributed by atoms with Gasteiger partial charge in [0.25, 0.3) is 0 Å². The highest BCUT2D eigenvalue weighted by atomic mass is 16.2. The van der Waals surface area contributed by atoms with Crippen LogP contribution in [0.25, 0.3) is 0 Å². The van der Waals surface area contributed by atoms with E-state index in [1.165, 1.54) is 6.42 Å². The van der Waals surface area contributed by atoms with Crippen LogP contribution in [0.4, 0.5) is 0 Å². The van der Waals surface area contributed by atoms with Gasteiger partial charge in [0, 0.05) is 25.6 Å². The molecule has 1 fully saturated rings. The van der Waals surface area contributed by atoms with Gasteiger partial charge in [-0.25, -0.2) is 0 Å². The maximum atomic E-state index is 12.0. The van der Waals surface area contributed by atoms with Gasteiger partial charge in [0.15, 0.2) is 0 Å². The van der Waals surface area contributed by atoms with Crippen LogP contribution in [0.15, 0.2) is 0 Å². The number of amides is 1. The van der Waals surface area contributed by atoms with Gasteiger partial charge in [0.1, 0.15) is 0 Å². The van der Waals surface area contributed by atoms with E-state index in [9.17, 15) is 4.79 Å². The van der Waals surface area contributed by atoms with Gasteiger partial charge in [-0.3, -0.25) is 4.79 Å². The molecule has 0 bridgehead atoms. The minimum atomic E-state index is -0.0239. The van der Waals surface area contributed by atoms with E-state index in [0.717, 1.165) is 31.8 Å². The fourth-order valence-electron chi connectivity index (χ4n) is 2.62. The second-order valence-corrected chi connectivity index (χ2v) is 6.56. The lowest BCUT2D eigenvalue weighted by molar-refractivity contribution is -0.131. The molecule has 1 heterocycles. The van der Waals surface area contributed by atoms with Gasteiger partial charge in [0.2, 0.25) is 5.91 Å². The molecule has 100 valence electrons. The zero-order valence-corrected chi connectivity index (χ0v) is 11.8. The van der Waals surface area contributed by atoms with Gasteiger partial charge < -0.3 is 10.6 Å². The number of likely N-dealkylation sites (tertiary alicyclic amines) is 1. The first kappa shape index (κ1) is 14.5. The molecule has 0 aromatic heterocycles. The van der Waals surface area contributed by atoms with Crippen molar-refractivity contribution in [3.05, 3.63) is 0 Å². The summed E-state index contributed by atoms with van der Waals surface area (Å²) in [7, 11) is 0. The Labute approximate surface area is 106 Å². The number of nitrogens with two attached hydrogens (primary N) is 1. The van der Waals surface area contributed by atoms with E-state index in [4.69, 9.17) is 5.73 Å². The largest absolute Gasteiger partial charge is 0.343 e. The number of carbonyl (C=O) groups is 1. The summed E-state index contributed by atoms with van der Waals surface area (Å²) in [5.74, 6) is 0.963. The molecule has 17 heavy (non-hydrogen) atoms. The normalized spacial score (nSPS) is 24.3. The molecule has 0 aromatic rings. The molecule has 0 saturated carbocycles. The van der Waals surface area contributed by atoms with Crippen LogP contribution in [0.1, 0.15) is 53.4 Å². The molecule has 1 saturated heterocycles. The monoisotopic (exact) mass is 240 g/mol. The Morgan fingerprint density at radius 3 is 2.53 bits per heavy atom. The van der Waals surface area contributed by atoms with Crippen LogP contribution in [-0.2, 0) is 4.79 Å². The number of rotatable bonds is 2. The van der Waals surface area contributed by atoms with E-state index in [-0.39, 0.29) is 11.9 Å². The van der Waals surface area contributed by atoms with E-state index in [1.54, 1.807) is 0 Å². The summed E-state index contributed by atoms with van der Waals surface area (Å²) in [6, 6.07) is -0.0239. The van der Waals surface area contributed by atoms with E-state index in [1.807, 2.05) is 11.8 Å². The van der Waals surface area contributed by atoms with Gasteiger partial charge in [-0.2, -0.15) is 0 Å². The van der Waals surface area contributed by atoms with E-state index in [2.05, 4.69) is 20.8 Å². The lowest BCUT2D eigenvalue weighted by Crippen LogP contribution is -2.35. The highest BCUT2D eigenvalue weighted by Gasteiger charge is 2.28. The highest BCUT2D eigenvalue weighted by molar-refractivity contribution is 5.76. The third-order valence-electron chi connectivity index (χ3n) is 3.80. The number of carbonyl (C=O) groups excluding carboxylic acids is 1. The van der Waals surface area contributed by atoms with Crippen molar-refractivity contribution in [2.24, 2.45) is 17.1 Å². The van der Waals surface area contributed by atoms with Gasteiger partial charge in [-0.1, -0.05) is 20.8 Å². The molecule has 3 heteroatoms. The highest BCUT2D eigenvalue weighted by Crippen LogP contribution is 2.34. The zero-order valence-electron chi connectivity index (χ0n) is 11.8. The second kappa shape index (κ2) is 5.85. The lowest BCUT2D eigenvalue weighted by Gasteiger charge is -2.29. The van der Waals surface area contributed by atoms with Crippen LogP contribution in [0, 0.1) is 11.3 Å². The van der Waals surface area contributed by atoms with Gasteiger partial charge in [-0.15, -0.1) is 0 Å². The van der Waals surface area contributed by atoms with Crippen molar-refractivity contribution in [2.45, 2.75) is 59.4 Å². The van der Waals surface area contributed by atoms with Gasteiger partial charge in [-0.05, 0) is 37.5 Å². The molecule has 0 aliphatic carbocycles. The Balaban J connectivity index is 2.50. The van der Waals surface area contributed by atoms with Crippen LogP contribution in [0.5, 0.6) is 0 Å². The molecule has 1 amide bonds. The predicted molar refractivity (Wildman–Crippen MR) is 71.6 cm³/mol. The zero-order chi connectivity index (χ0) is 13.1. The summed E-state index contributed by atoms with van der Waals surface area (Å²) in [5, 5.41) is 0. The summed E-state index contributed by atoms with van der Waals surface area (Å²) in [4.78, 5) is 14.0. The first-order chi connectivity index (χ1) is 7.80. The molecule has 2 N–H and O–H groups in total. The Hall–Kier alpha value is -0.570. The first-order valence-corrected chi connectivity index (χ1v) is 6.84. The van der Waals surface area contributed by atoms with Crippen LogP contribution in [0.3, 0.4) is 0 Å². The van der Waals surface area contributed by atoms with Crippen molar-refractivity contribution in [2.75, 3.05) is 13.1 Å². The Bertz CT molecular complexity index is 255. The average Bonchev–Trinajstić information content (AvgIpc) is 2.40. The van der Waals surface area contributed by atoms with Crippen molar-refractivity contribution in [1.82, 2.24) is 4.90 Å². The quantitative estimate of drug-likeness (QED) is 0.805. The lowest BCUT2D eigenvalue weighted by atomic mass is 9.77. The van der Waals surface area contributed by atoms with Crippen molar-refractivity contribution in [3.8, 4) is 0 Å². The molecule has 2 unspecified atom stereocenters. The predicted octanol–water partition coefficient (Wildman–Crippen LogP) is 2.40. The third-order valence-corrected chi connectivity index (χ3v) is 3.80. The van der Waals surface area contributed by atoms with Crippen molar-refractivity contribution in [3.63, 3.8) is 0 Å². The maximum absolute atomic E-state index is 12.0. The minimum absolute atomic E-state index is 0.0239. The van der Waals surface area contributed by atoms with Crippen molar-refractivity contribution in [1.29, 1.82) is 0 Å². The SMILES string of the molecule is CC(N)CC(=O)N1CCCC(C(C)(C)C)CC1. The molecule has 2 atom stereocenters. The first-order valence-electron chi connectivity index (χ1n) is 6.84. The number of hydrogen-bond donors (Lipinski definition) is 1. The van der Waals surface area contributed by atoms with Gasteiger partial charge in [0.05, 0.1) is 0 Å². The average molecular weight is 240 g/mol. The summed E-state index contributed by atoms with van der Waals surface area (Å²) < 4.78 is 0. The van der Waals surface area contributed by atoms with Crippen molar-refractivity contribution >= 4 is 5.91 Å². The smallest absolute Gasteiger partial charge is 0.224 e. The van der Waals surface area contributed by atoms with Crippen LogP contribution < -0.4 is 5.73 Å². The third kappa shape index (κ3) is 4.66. The molecule has 3 nitrogen and oxygen atoms in total. The Morgan fingerprint density at radius 1 is 1.35 bits per heavy atom. The fourth-order valence-corrected chi connectivity index (χ4v) is 2.62. The minimum Gasteiger partial charge on any atom is -0.343 e. The fraction of sp³-hybridized carbons (Fsp3) is 0.929. The van der Waals surface area contributed by atoms with E-state index < -0.39 is 0 Å². The summed E-state index contributed by atoms with van der Waals surface area (Å²) in [5.41, 5.74) is 6.05. The molecule has 1 aliphatic heterocycles. The van der Waals surface area contributed by atoms with Crippen LogP contribution in [0.2, 0.25) is 0 Å². The van der Waals surface area contributed by atoms with E-state index in [0.29, 0.717) is 11.8 Å². The molecular weight excluding hydrogens is 212 g/mol. The maximum Gasteiger partial charge on any atom is 0.224 e. The summed E-state index contributed by atoms with van der Waals surface area (Å²) in [6.45, 7) is 10.6. The Kier molecular flexibility index (Phi) is 4.99. The van der Waals surface area contributed by atoms with Gasteiger partial charge >= 0.3 is 0 Å². The standard InChI is InChI=1S/C14H28N2O/c1-11(15)10-13(17)16-8-5-6-12(7-9-16)14(2,3)4/h11-12H,5-10,15H2,1-4H3. The van der Waals surface area contributed by atoms with Crippen molar-refractivity contribution < 1.29 is 4.79 Å². The second-order valence-electron chi connectivity index (χ2n) is 6.56. The van der Waals surface area contributed by atoms with Crippen LogP contribution >= 0.6 is 0 Å². The summed E-state index contributed by atoms with van der Waals surface area (Å²) >= 11 is 0. The molecular formula is C14H28N2O.